The van der Waals surface area contributed by atoms with Gasteiger partial charge in [0.1, 0.15) is 0 Å². The van der Waals surface area contributed by atoms with E-state index in [0.717, 1.165) is 5.56 Å². The molecule has 2 N–H and O–H groups in total. The second-order valence-corrected chi connectivity index (χ2v) is 5.06. The van der Waals surface area contributed by atoms with Crippen LogP contribution in [-0.4, -0.2) is 16.8 Å². The standard InChI is InChI=1S/C16H15ClN2O2/c1-10-7-8-12(9-14(10)17)16(20)18-15-6-4-3-5-13(15)11(2)19-21/h3-9,21H,1-2H3,(H,18,20). The Hall–Kier alpha value is -2.33. The van der Waals surface area contributed by atoms with Crippen molar-refractivity contribution in [1.29, 1.82) is 0 Å². The Bertz CT molecular complexity index is 711. The number of nitrogens with one attached hydrogen (secondary N) is 1. The van der Waals surface area contributed by atoms with E-state index in [1.165, 1.54) is 0 Å². The van der Waals surface area contributed by atoms with E-state index in [2.05, 4.69) is 10.5 Å². The Morgan fingerprint density at radius 1 is 1.24 bits per heavy atom. The Balaban J connectivity index is 2.30. The maximum Gasteiger partial charge on any atom is 0.255 e. The van der Waals surface area contributed by atoms with Crippen LogP contribution in [0, 0.1) is 6.92 Å². The molecule has 0 unspecified atom stereocenters. The molecule has 0 spiro atoms. The predicted molar refractivity (Wildman–Crippen MR) is 84.6 cm³/mol. The van der Waals surface area contributed by atoms with Gasteiger partial charge in [-0.2, -0.15) is 0 Å². The highest BCUT2D eigenvalue weighted by Gasteiger charge is 2.11. The van der Waals surface area contributed by atoms with Crippen LogP contribution < -0.4 is 5.32 Å². The highest BCUT2D eigenvalue weighted by molar-refractivity contribution is 6.31. The Morgan fingerprint density at radius 2 is 1.95 bits per heavy atom. The van der Waals surface area contributed by atoms with Gasteiger partial charge in [-0.25, -0.2) is 0 Å². The first-order valence-electron chi connectivity index (χ1n) is 6.38. The van der Waals surface area contributed by atoms with Gasteiger partial charge < -0.3 is 10.5 Å². The molecule has 0 fully saturated rings. The van der Waals surface area contributed by atoms with Gasteiger partial charge in [0.15, 0.2) is 0 Å². The van der Waals surface area contributed by atoms with Crippen LogP contribution in [0.25, 0.3) is 0 Å². The van der Waals surface area contributed by atoms with E-state index in [4.69, 9.17) is 16.8 Å². The van der Waals surface area contributed by atoms with Gasteiger partial charge >= 0.3 is 0 Å². The molecule has 0 aliphatic heterocycles. The molecule has 2 aromatic rings. The molecule has 0 saturated heterocycles. The number of hydrogen-bond acceptors (Lipinski definition) is 3. The van der Waals surface area contributed by atoms with E-state index >= 15 is 0 Å². The minimum Gasteiger partial charge on any atom is -0.411 e. The summed E-state index contributed by atoms with van der Waals surface area (Å²) in [5.41, 5.74) is 3.05. The fraction of sp³-hybridized carbons (Fsp3) is 0.125. The molecule has 0 saturated carbocycles. The molecule has 1 amide bonds. The number of anilines is 1. The highest BCUT2D eigenvalue weighted by atomic mass is 35.5. The molecule has 2 rings (SSSR count). The van der Waals surface area contributed by atoms with Crippen LogP contribution in [0.15, 0.2) is 47.6 Å². The second kappa shape index (κ2) is 6.41. The van der Waals surface area contributed by atoms with Crippen LogP contribution in [0.2, 0.25) is 5.02 Å². The average molecular weight is 303 g/mol. The molecular weight excluding hydrogens is 288 g/mol. The Kier molecular flexibility index (Phi) is 4.60. The van der Waals surface area contributed by atoms with Crippen molar-refractivity contribution in [3.63, 3.8) is 0 Å². The second-order valence-electron chi connectivity index (χ2n) is 4.65. The van der Waals surface area contributed by atoms with E-state index < -0.39 is 0 Å². The molecule has 21 heavy (non-hydrogen) atoms. The van der Waals surface area contributed by atoms with Crippen molar-refractivity contribution in [2.24, 2.45) is 5.16 Å². The van der Waals surface area contributed by atoms with Crippen molar-refractivity contribution < 1.29 is 10.0 Å². The zero-order valence-electron chi connectivity index (χ0n) is 11.7. The zero-order valence-corrected chi connectivity index (χ0v) is 12.5. The Morgan fingerprint density at radius 3 is 2.62 bits per heavy atom. The lowest BCUT2D eigenvalue weighted by atomic mass is 10.1. The van der Waals surface area contributed by atoms with Crippen molar-refractivity contribution in [3.8, 4) is 0 Å². The van der Waals surface area contributed by atoms with Crippen LogP contribution in [0.3, 0.4) is 0 Å². The number of aryl methyl sites for hydroxylation is 1. The van der Waals surface area contributed by atoms with Gasteiger partial charge in [-0.05, 0) is 37.6 Å². The van der Waals surface area contributed by atoms with Crippen LogP contribution in [0.4, 0.5) is 5.69 Å². The van der Waals surface area contributed by atoms with Crippen molar-refractivity contribution >= 4 is 28.9 Å². The number of carbonyl (C=O) groups excluding carboxylic acids is 1. The van der Waals surface area contributed by atoms with E-state index in [1.54, 1.807) is 43.3 Å². The van der Waals surface area contributed by atoms with Crippen molar-refractivity contribution in [2.45, 2.75) is 13.8 Å². The van der Waals surface area contributed by atoms with Crippen LogP contribution in [-0.2, 0) is 0 Å². The van der Waals surface area contributed by atoms with Gasteiger partial charge in [-0.3, -0.25) is 4.79 Å². The molecule has 0 aromatic heterocycles. The van der Waals surface area contributed by atoms with E-state index in [-0.39, 0.29) is 5.91 Å². The zero-order chi connectivity index (χ0) is 15.4. The van der Waals surface area contributed by atoms with E-state index in [9.17, 15) is 4.79 Å². The summed E-state index contributed by atoms with van der Waals surface area (Å²) < 4.78 is 0. The lowest BCUT2D eigenvalue weighted by Crippen LogP contribution is -2.14. The van der Waals surface area contributed by atoms with Crippen molar-refractivity contribution in [3.05, 3.63) is 64.2 Å². The fourth-order valence-electron chi connectivity index (χ4n) is 1.89. The minimum absolute atomic E-state index is 0.268. The van der Waals surface area contributed by atoms with Gasteiger partial charge in [0.05, 0.1) is 11.4 Å². The van der Waals surface area contributed by atoms with Crippen LogP contribution in [0.1, 0.15) is 28.4 Å². The summed E-state index contributed by atoms with van der Waals surface area (Å²) in [6.07, 6.45) is 0. The van der Waals surface area contributed by atoms with Gasteiger partial charge in [-0.1, -0.05) is 41.0 Å². The van der Waals surface area contributed by atoms with Crippen molar-refractivity contribution in [2.75, 3.05) is 5.32 Å². The first-order valence-corrected chi connectivity index (χ1v) is 6.76. The largest absolute Gasteiger partial charge is 0.411 e. The lowest BCUT2D eigenvalue weighted by Gasteiger charge is -2.10. The molecule has 4 nitrogen and oxygen atoms in total. The highest BCUT2D eigenvalue weighted by Crippen LogP contribution is 2.20. The van der Waals surface area contributed by atoms with E-state index in [1.807, 2.05) is 13.0 Å². The summed E-state index contributed by atoms with van der Waals surface area (Å²) >= 11 is 6.03. The predicted octanol–water partition coefficient (Wildman–Crippen LogP) is 4.10. The third kappa shape index (κ3) is 3.41. The maximum atomic E-state index is 12.3. The third-order valence-corrected chi connectivity index (χ3v) is 3.56. The first kappa shape index (κ1) is 15.1. The average Bonchev–Trinajstić information content (AvgIpc) is 2.49. The molecule has 0 heterocycles. The van der Waals surface area contributed by atoms with Crippen molar-refractivity contribution in [1.82, 2.24) is 0 Å². The Labute approximate surface area is 128 Å². The molecule has 0 bridgehead atoms. The van der Waals surface area contributed by atoms with Gasteiger partial charge in [0.2, 0.25) is 0 Å². The number of amides is 1. The summed E-state index contributed by atoms with van der Waals surface area (Å²) in [4.78, 5) is 12.3. The minimum atomic E-state index is -0.268. The topological polar surface area (TPSA) is 61.7 Å². The first-order chi connectivity index (χ1) is 10.0. The summed E-state index contributed by atoms with van der Waals surface area (Å²) in [5.74, 6) is -0.268. The summed E-state index contributed by atoms with van der Waals surface area (Å²) in [6, 6.07) is 12.3. The summed E-state index contributed by atoms with van der Waals surface area (Å²) in [5, 5.41) is 15.4. The monoisotopic (exact) mass is 302 g/mol. The number of benzene rings is 2. The summed E-state index contributed by atoms with van der Waals surface area (Å²) in [7, 11) is 0. The number of carbonyl (C=O) groups is 1. The molecule has 5 heteroatoms. The number of hydrogen-bond donors (Lipinski definition) is 2. The molecule has 0 atom stereocenters. The van der Waals surface area contributed by atoms with Crippen LogP contribution >= 0.6 is 11.6 Å². The SMILES string of the molecule is CC(=NO)c1ccccc1NC(=O)c1ccc(C)c(Cl)c1. The molecule has 0 aliphatic rings. The number of halogens is 1. The smallest absolute Gasteiger partial charge is 0.255 e. The number of nitrogens with zero attached hydrogens (tertiary/aromatic N) is 1. The fourth-order valence-corrected chi connectivity index (χ4v) is 2.07. The number of para-hydroxylation sites is 1. The third-order valence-electron chi connectivity index (χ3n) is 3.15. The van der Waals surface area contributed by atoms with E-state index in [0.29, 0.717) is 27.5 Å². The van der Waals surface area contributed by atoms with Gasteiger partial charge in [-0.15, -0.1) is 0 Å². The quantitative estimate of drug-likeness (QED) is 0.509. The molecular formula is C16H15ClN2O2. The van der Waals surface area contributed by atoms with Gasteiger partial charge in [0, 0.05) is 16.1 Å². The maximum absolute atomic E-state index is 12.3. The number of oxime groups is 1. The molecule has 108 valence electrons. The van der Waals surface area contributed by atoms with Crippen LogP contribution in [0.5, 0.6) is 0 Å². The van der Waals surface area contributed by atoms with Gasteiger partial charge in [0.25, 0.3) is 5.91 Å². The molecule has 0 aliphatic carbocycles. The number of rotatable bonds is 3. The summed E-state index contributed by atoms with van der Waals surface area (Å²) in [6.45, 7) is 3.54. The molecule has 2 aromatic carbocycles. The normalized spacial score (nSPS) is 11.3. The molecule has 0 radical (unpaired) electrons. The lowest BCUT2D eigenvalue weighted by molar-refractivity contribution is 0.102.